The number of aromatic nitrogens is 1. The molecule has 2 heterocycles. The molecule has 3 amide bonds. The summed E-state index contributed by atoms with van der Waals surface area (Å²) in [6, 6.07) is 14.1. The standard InChI is InChI=1S/C33H41N5O5S2/c1-5-23(36-26(39)17-43-25-13-9-12-21-16-35-15-14-22(21)25)30(44)27(28(34)20-10-7-6-8-11-20)29(40)32(42)38-19-45-18-24(38)31(41)37-33(2,3)4/h6-16,23-24,27-29,40H,5,17-19,34H2,1-4H3,(H,36,39)(H,37,41)/t23-,24+,27+,28?,29+/m1/s1. The van der Waals surface area contributed by atoms with E-state index in [1.165, 1.54) is 16.7 Å². The van der Waals surface area contributed by atoms with Gasteiger partial charge in [0.25, 0.3) is 11.8 Å². The maximum atomic E-state index is 13.9. The van der Waals surface area contributed by atoms with Gasteiger partial charge in [0, 0.05) is 51.3 Å². The molecule has 5 atom stereocenters. The van der Waals surface area contributed by atoms with E-state index in [2.05, 4.69) is 15.6 Å². The SMILES string of the molecule is CC[C@@H](NC(=O)COc1cccc2cnccc12)C(=S)[C@@H](C(N)c1ccccc1)[C@H](O)C(=O)N1CSC[C@H]1C(=O)NC(C)(C)C. The normalized spacial score (nSPS) is 17.6. The Kier molecular flexibility index (Phi) is 11.5. The predicted octanol–water partition coefficient (Wildman–Crippen LogP) is 3.37. The Balaban J connectivity index is 1.53. The highest BCUT2D eigenvalue weighted by Crippen LogP contribution is 2.30. The van der Waals surface area contributed by atoms with E-state index in [9.17, 15) is 19.5 Å². The van der Waals surface area contributed by atoms with Gasteiger partial charge >= 0.3 is 0 Å². The Morgan fingerprint density at radius 3 is 2.58 bits per heavy atom. The van der Waals surface area contributed by atoms with Gasteiger partial charge in [0.1, 0.15) is 17.9 Å². The molecule has 1 aliphatic rings. The van der Waals surface area contributed by atoms with Crippen LogP contribution in [-0.2, 0) is 14.4 Å². The van der Waals surface area contributed by atoms with E-state index in [0.29, 0.717) is 23.5 Å². The number of thioether (sulfide) groups is 1. The zero-order valence-corrected chi connectivity index (χ0v) is 27.6. The first-order valence-electron chi connectivity index (χ1n) is 14.9. The van der Waals surface area contributed by atoms with Crippen molar-refractivity contribution in [3.63, 3.8) is 0 Å². The first kappa shape index (κ1) is 34.3. The number of benzene rings is 2. The third-order valence-corrected chi connectivity index (χ3v) is 9.11. The number of nitrogens with zero attached hydrogens (tertiary/aromatic N) is 2. The third kappa shape index (κ3) is 8.57. The molecular weight excluding hydrogens is 611 g/mol. The van der Waals surface area contributed by atoms with Crippen molar-refractivity contribution in [1.29, 1.82) is 0 Å². The number of aliphatic hydroxyl groups is 1. The van der Waals surface area contributed by atoms with Crippen LogP contribution in [0.25, 0.3) is 10.8 Å². The van der Waals surface area contributed by atoms with Crippen LogP contribution >= 0.6 is 24.0 Å². The van der Waals surface area contributed by atoms with Crippen molar-refractivity contribution in [2.75, 3.05) is 18.2 Å². The van der Waals surface area contributed by atoms with Crippen molar-refractivity contribution in [1.82, 2.24) is 20.5 Å². The number of aliphatic hydroxyl groups excluding tert-OH is 1. The van der Waals surface area contributed by atoms with Crippen LogP contribution in [0.5, 0.6) is 5.75 Å². The zero-order valence-electron chi connectivity index (χ0n) is 25.9. The molecule has 1 saturated heterocycles. The van der Waals surface area contributed by atoms with Crippen LogP contribution < -0.4 is 21.1 Å². The fourth-order valence-corrected chi connectivity index (χ4v) is 6.93. The fraction of sp³-hybridized carbons (Fsp3) is 0.424. The summed E-state index contributed by atoms with van der Waals surface area (Å²) < 4.78 is 5.85. The summed E-state index contributed by atoms with van der Waals surface area (Å²) in [6.07, 6.45) is 2.11. The smallest absolute Gasteiger partial charge is 0.258 e. The van der Waals surface area contributed by atoms with E-state index < -0.39 is 47.5 Å². The number of ether oxygens (including phenoxy) is 1. The fourth-order valence-electron chi connectivity index (χ4n) is 5.27. The number of carbonyl (C=O) groups is 3. The molecule has 0 bridgehead atoms. The topological polar surface area (TPSA) is 147 Å². The van der Waals surface area contributed by atoms with Crippen LogP contribution in [-0.4, -0.2) is 79.5 Å². The first-order chi connectivity index (χ1) is 21.4. The van der Waals surface area contributed by atoms with Gasteiger partial charge in [0.2, 0.25) is 5.91 Å². The van der Waals surface area contributed by atoms with Crippen LogP contribution in [0.3, 0.4) is 0 Å². The largest absolute Gasteiger partial charge is 0.483 e. The maximum absolute atomic E-state index is 13.9. The quantitative estimate of drug-likeness (QED) is 0.217. The van der Waals surface area contributed by atoms with Crippen LogP contribution in [0.1, 0.15) is 45.7 Å². The second-order valence-corrected chi connectivity index (χ2v) is 13.5. The second kappa shape index (κ2) is 15.1. The molecule has 1 fully saturated rings. The average molecular weight is 652 g/mol. The number of pyridine rings is 1. The molecule has 1 aromatic heterocycles. The summed E-state index contributed by atoms with van der Waals surface area (Å²) >= 11 is 7.33. The maximum Gasteiger partial charge on any atom is 0.258 e. The molecule has 5 N–H and O–H groups in total. The van der Waals surface area contributed by atoms with E-state index in [1.54, 1.807) is 30.6 Å². The zero-order chi connectivity index (χ0) is 32.7. The second-order valence-electron chi connectivity index (χ2n) is 12.0. The molecule has 0 spiro atoms. The molecule has 10 nitrogen and oxygen atoms in total. The minimum atomic E-state index is -1.65. The summed E-state index contributed by atoms with van der Waals surface area (Å²) in [6.45, 7) is 7.17. The summed E-state index contributed by atoms with van der Waals surface area (Å²) in [5, 5.41) is 19.2. The van der Waals surface area contributed by atoms with Gasteiger partial charge in [0.15, 0.2) is 6.61 Å². The van der Waals surface area contributed by atoms with E-state index in [1.807, 2.05) is 64.1 Å². The molecule has 45 heavy (non-hydrogen) atoms. The van der Waals surface area contributed by atoms with Gasteiger partial charge in [-0.05, 0) is 44.9 Å². The summed E-state index contributed by atoms with van der Waals surface area (Å²) in [5.74, 6) is -1.20. The van der Waals surface area contributed by atoms with Gasteiger partial charge in [0.05, 0.1) is 11.9 Å². The van der Waals surface area contributed by atoms with Crippen LogP contribution in [0.15, 0.2) is 67.0 Å². The molecule has 240 valence electrons. The Labute approximate surface area is 273 Å². The van der Waals surface area contributed by atoms with Crippen molar-refractivity contribution < 1.29 is 24.2 Å². The number of hydrogen-bond acceptors (Lipinski definition) is 9. The lowest BCUT2D eigenvalue weighted by Gasteiger charge is -2.35. The van der Waals surface area contributed by atoms with Crippen LogP contribution in [0.2, 0.25) is 0 Å². The Hall–Kier alpha value is -3.58. The van der Waals surface area contributed by atoms with Gasteiger partial charge in [-0.15, -0.1) is 11.8 Å². The van der Waals surface area contributed by atoms with Gasteiger partial charge < -0.3 is 31.1 Å². The lowest BCUT2D eigenvalue weighted by Crippen LogP contribution is -2.57. The van der Waals surface area contributed by atoms with Gasteiger partial charge in [-0.25, -0.2) is 0 Å². The van der Waals surface area contributed by atoms with E-state index in [-0.39, 0.29) is 23.3 Å². The lowest BCUT2D eigenvalue weighted by atomic mass is 9.82. The summed E-state index contributed by atoms with van der Waals surface area (Å²) in [7, 11) is 0. The number of carbonyl (C=O) groups excluding carboxylic acids is 3. The highest BCUT2D eigenvalue weighted by molar-refractivity contribution is 7.99. The van der Waals surface area contributed by atoms with Crippen LogP contribution in [0, 0.1) is 5.92 Å². The number of hydrogen-bond donors (Lipinski definition) is 4. The molecule has 1 aliphatic heterocycles. The van der Waals surface area contributed by atoms with E-state index >= 15 is 0 Å². The molecule has 0 aliphatic carbocycles. The number of rotatable bonds is 12. The van der Waals surface area contributed by atoms with Gasteiger partial charge in [-0.1, -0.05) is 61.6 Å². The minimum Gasteiger partial charge on any atom is -0.483 e. The number of amides is 3. The number of nitrogens with two attached hydrogens (primary N) is 1. The highest BCUT2D eigenvalue weighted by Gasteiger charge is 2.44. The predicted molar refractivity (Wildman–Crippen MR) is 181 cm³/mol. The summed E-state index contributed by atoms with van der Waals surface area (Å²) in [4.78, 5) is 45.8. The Morgan fingerprint density at radius 1 is 1.16 bits per heavy atom. The Bertz CT molecular complexity index is 1510. The van der Waals surface area contributed by atoms with Crippen molar-refractivity contribution >= 4 is 57.3 Å². The minimum absolute atomic E-state index is 0.238. The third-order valence-electron chi connectivity index (χ3n) is 7.55. The van der Waals surface area contributed by atoms with Crippen LogP contribution in [0.4, 0.5) is 0 Å². The molecule has 0 radical (unpaired) electrons. The number of fused-ring (bicyclic) bond motifs is 1. The number of thiocarbonyl (C=S) groups is 1. The van der Waals surface area contributed by atoms with Gasteiger partial charge in [-0.2, -0.15) is 0 Å². The molecule has 2 aromatic carbocycles. The molecule has 3 aromatic rings. The monoisotopic (exact) mass is 651 g/mol. The molecule has 4 rings (SSSR count). The van der Waals surface area contributed by atoms with Crippen molar-refractivity contribution in [3.05, 3.63) is 72.6 Å². The average Bonchev–Trinajstić information content (AvgIpc) is 3.52. The lowest BCUT2D eigenvalue weighted by molar-refractivity contribution is -0.146. The highest BCUT2D eigenvalue weighted by atomic mass is 32.2. The van der Waals surface area contributed by atoms with Crippen molar-refractivity contribution in [3.8, 4) is 5.75 Å². The van der Waals surface area contributed by atoms with E-state index in [0.717, 1.165) is 10.8 Å². The molecular formula is C33H41N5O5S2. The molecule has 0 saturated carbocycles. The molecule has 1 unspecified atom stereocenters. The first-order valence-corrected chi connectivity index (χ1v) is 16.4. The van der Waals surface area contributed by atoms with Crippen molar-refractivity contribution in [2.24, 2.45) is 11.7 Å². The van der Waals surface area contributed by atoms with Crippen molar-refractivity contribution in [2.45, 2.75) is 63.9 Å². The Morgan fingerprint density at radius 2 is 1.89 bits per heavy atom. The number of nitrogens with one attached hydrogen (secondary N) is 2. The van der Waals surface area contributed by atoms with E-state index in [4.69, 9.17) is 22.7 Å². The summed E-state index contributed by atoms with van der Waals surface area (Å²) in [5.41, 5.74) is 6.90. The van der Waals surface area contributed by atoms with Gasteiger partial charge in [-0.3, -0.25) is 19.4 Å². The molecule has 12 heteroatoms.